The van der Waals surface area contributed by atoms with Crippen LogP contribution >= 0.6 is 11.3 Å². The summed E-state index contributed by atoms with van der Waals surface area (Å²) < 4.78 is 29.4. The molecule has 1 aromatic heterocycles. The standard InChI is InChI=1S/C20H18FNO4S/c1-13-22-17(12-27-13)11-25-18-6-3-14(4-7-18)20(23)26-10-15-9-16(21)5-8-19(15)24-2/h3-9,12H,10-11H2,1-2H3. The van der Waals surface area contributed by atoms with Crippen LogP contribution in [0, 0.1) is 12.7 Å². The van der Waals surface area contributed by atoms with Crippen LogP contribution in [0.5, 0.6) is 11.5 Å². The second-order valence-corrected chi connectivity index (χ2v) is 6.77. The molecule has 0 aliphatic carbocycles. The molecular formula is C20H18FNO4S. The Kier molecular flexibility index (Phi) is 6.03. The number of ether oxygens (including phenoxy) is 3. The third kappa shape index (κ3) is 5.04. The largest absolute Gasteiger partial charge is 0.496 e. The van der Waals surface area contributed by atoms with Crippen LogP contribution in [-0.4, -0.2) is 18.1 Å². The number of carbonyl (C=O) groups is 1. The van der Waals surface area contributed by atoms with Gasteiger partial charge in [-0.25, -0.2) is 14.2 Å². The molecule has 0 unspecified atom stereocenters. The van der Waals surface area contributed by atoms with Gasteiger partial charge in [0.25, 0.3) is 0 Å². The zero-order valence-corrected chi connectivity index (χ0v) is 15.7. The fourth-order valence-electron chi connectivity index (χ4n) is 2.41. The normalized spacial score (nSPS) is 10.5. The lowest BCUT2D eigenvalue weighted by Gasteiger charge is -2.10. The van der Waals surface area contributed by atoms with E-state index in [-0.39, 0.29) is 6.61 Å². The molecule has 0 aliphatic heterocycles. The monoisotopic (exact) mass is 387 g/mol. The van der Waals surface area contributed by atoms with Crippen molar-refractivity contribution >= 4 is 17.3 Å². The topological polar surface area (TPSA) is 57.7 Å². The average molecular weight is 387 g/mol. The maximum absolute atomic E-state index is 13.4. The molecule has 7 heteroatoms. The van der Waals surface area contributed by atoms with Gasteiger partial charge in [0.15, 0.2) is 0 Å². The van der Waals surface area contributed by atoms with E-state index in [2.05, 4.69) is 4.98 Å². The van der Waals surface area contributed by atoms with Gasteiger partial charge in [-0.2, -0.15) is 0 Å². The van der Waals surface area contributed by atoms with Gasteiger partial charge < -0.3 is 14.2 Å². The van der Waals surface area contributed by atoms with E-state index in [1.807, 2.05) is 12.3 Å². The first-order chi connectivity index (χ1) is 13.0. The van der Waals surface area contributed by atoms with Crippen molar-refractivity contribution in [3.05, 3.63) is 75.5 Å². The maximum atomic E-state index is 13.4. The van der Waals surface area contributed by atoms with Gasteiger partial charge in [0.2, 0.25) is 0 Å². The van der Waals surface area contributed by atoms with Gasteiger partial charge in [-0.05, 0) is 49.4 Å². The van der Waals surface area contributed by atoms with E-state index < -0.39 is 11.8 Å². The Morgan fingerprint density at radius 2 is 1.93 bits per heavy atom. The molecule has 3 rings (SSSR count). The molecule has 0 bridgehead atoms. The number of thiazole rings is 1. The fraction of sp³-hybridized carbons (Fsp3) is 0.200. The predicted molar refractivity (Wildman–Crippen MR) is 99.7 cm³/mol. The van der Waals surface area contributed by atoms with E-state index in [4.69, 9.17) is 14.2 Å². The molecule has 5 nitrogen and oxygen atoms in total. The second kappa shape index (κ2) is 8.64. The van der Waals surface area contributed by atoms with E-state index in [0.29, 0.717) is 29.2 Å². The number of nitrogens with zero attached hydrogens (tertiary/aromatic N) is 1. The minimum absolute atomic E-state index is 0.0821. The van der Waals surface area contributed by atoms with Crippen LogP contribution in [0.3, 0.4) is 0 Å². The highest BCUT2D eigenvalue weighted by atomic mass is 32.1. The van der Waals surface area contributed by atoms with Gasteiger partial charge in [-0.15, -0.1) is 11.3 Å². The van der Waals surface area contributed by atoms with E-state index in [0.717, 1.165) is 10.7 Å². The van der Waals surface area contributed by atoms with Crippen molar-refractivity contribution in [2.75, 3.05) is 7.11 Å². The van der Waals surface area contributed by atoms with Crippen molar-refractivity contribution in [3.63, 3.8) is 0 Å². The first-order valence-corrected chi connectivity index (χ1v) is 9.06. The Morgan fingerprint density at radius 1 is 1.15 bits per heavy atom. The number of benzene rings is 2. The van der Waals surface area contributed by atoms with Gasteiger partial charge >= 0.3 is 5.97 Å². The summed E-state index contributed by atoms with van der Waals surface area (Å²) in [6.45, 7) is 2.22. The highest BCUT2D eigenvalue weighted by Crippen LogP contribution is 2.21. The molecule has 0 amide bonds. The van der Waals surface area contributed by atoms with Crippen LogP contribution in [0.25, 0.3) is 0 Å². The van der Waals surface area contributed by atoms with Crippen LogP contribution < -0.4 is 9.47 Å². The first kappa shape index (κ1) is 18.8. The zero-order valence-electron chi connectivity index (χ0n) is 14.9. The SMILES string of the molecule is COc1ccc(F)cc1COC(=O)c1ccc(OCc2csc(C)n2)cc1. The van der Waals surface area contributed by atoms with Crippen molar-refractivity contribution in [2.45, 2.75) is 20.1 Å². The summed E-state index contributed by atoms with van der Waals surface area (Å²) in [5.74, 6) is 0.163. The number of halogens is 1. The van der Waals surface area contributed by atoms with Crippen LogP contribution in [0.1, 0.15) is 26.6 Å². The number of aromatic nitrogens is 1. The highest BCUT2D eigenvalue weighted by molar-refractivity contribution is 7.09. The second-order valence-electron chi connectivity index (χ2n) is 5.70. The fourth-order valence-corrected chi connectivity index (χ4v) is 3.00. The number of hydrogen-bond donors (Lipinski definition) is 0. The van der Waals surface area contributed by atoms with Crippen LogP contribution in [0.15, 0.2) is 47.8 Å². The molecule has 2 aromatic carbocycles. The first-order valence-electron chi connectivity index (χ1n) is 8.18. The molecule has 0 saturated heterocycles. The Hall–Kier alpha value is -2.93. The molecule has 3 aromatic rings. The maximum Gasteiger partial charge on any atom is 0.338 e. The summed E-state index contributed by atoms with van der Waals surface area (Å²) in [4.78, 5) is 16.5. The van der Waals surface area contributed by atoms with Crippen molar-refractivity contribution in [1.29, 1.82) is 0 Å². The zero-order chi connectivity index (χ0) is 19.2. The number of carbonyl (C=O) groups excluding carboxylic acids is 1. The average Bonchev–Trinajstić information content (AvgIpc) is 3.10. The lowest BCUT2D eigenvalue weighted by Crippen LogP contribution is -2.06. The molecule has 0 radical (unpaired) electrons. The summed E-state index contributed by atoms with van der Waals surface area (Å²) in [7, 11) is 1.48. The number of rotatable bonds is 7. The van der Waals surface area contributed by atoms with Gasteiger partial charge in [0, 0.05) is 10.9 Å². The third-order valence-electron chi connectivity index (χ3n) is 3.74. The molecule has 0 aliphatic rings. The summed E-state index contributed by atoms with van der Waals surface area (Å²) in [5.41, 5.74) is 1.71. The molecule has 0 atom stereocenters. The highest BCUT2D eigenvalue weighted by Gasteiger charge is 2.11. The lowest BCUT2D eigenvalue weighted by atomic mass is 10.2. The van der Waals surface area contributed by atoms with Crippen molar-refractivity contribution in [1.82, 2.24) is 4.98 Å². The molecule has 140 valence electrons. The Bertz CT molecular complexity index is 924. The van der Waals surface area contributed by atoms with E-state index in [9.17, 15) is 9.18 Å². The quantitative estimate of drug-likeness (QED) is 0.557. The van der Waals surface area contributed by atoms with Crippen molar-refractivity contribution < 1.29 is 23.4 Å². The van der Waals surface area contributed by atoms with Crippen molar-refractivity contribution in [3.8, 4) is 11.5 Å². The molecule has 0 fully saturated rings. The van der Waals surface area contributed by atoms with Gasteiger partial charge in [0.05, 0.1) is 23.4 Å². The smallest absolute Gasteiger partial charge is 0.338 e. The summed E-state index contributed by atoms with van der Waals surface area (Å²) in [6, 6.07) is 10.7. The summed E-state index contributed by atoms with van der Waals surface area (Å²) in [6.07, 6.45) is 0. The van der Waals surface area contributed by atoms with E-state index in [1.165, 1.54) is 25.3 Å². The molecule has 0 spiro atoms. The van der Waals surface area contributed by atoms with Gasteiger partial charge in [0.1, 0.15) is 30.5 Å². The molecule has 0 N–H and O–H groups in total. The summed E-state index contributed by atoms with van der Waals surface area (Å²) in [5, 5.41) is 2.93. The number of esters is 1. The molecule has 27 heavy (non-hydrogen) atoms. The van der Waals surface area contributed by atoms with Gasteiger partial charge in [-0.1, -0.05) is 0 Å². The number of aryl methyl sites for hydroxylation is 1. The minimum Gasteiger partial charge on any atom is -0.496 e. The van der Waals surface area contributed by atoms with E-state index in [1.54, 1.807) is 35.6 Å². The molecule has 0 saturated carbocycles. The molecule has 1 heterocycles. The minimum atomic E-state index is -0.511. The van der Waals surface area contributed by atoms with Crippen LogP contribution in [-0.2, 0) is 18.0 Å². The number of methoxy groups -OCH3 is 1. The van der Waals surface area contributed by atoms with Crippen LogP contribution in [0.4, 0.5) is 4.39 Å². The predicted octanol–water partition coefficient (Wildman–Crippen LogP) is 4.54. The van der Waals surface area contributed by atoms with Crippen molar-refractivity contribution in [2.24, 2.45) is 0 Å². The Balaban J connectivity index is 1.56. The summed E-state index contributed by atoms with van der Waals surface area (Å²) >= 11 is 1.57. The van der Waals surface area contributed by atoms with Gasteiger partial charge in [-0.3, -0.25) is 0 Å². The Morgan fingerprint density at radius 3 is 2.59 bits per heavy atom. The number of hydrogen-bond acceptors (Lipinski definition) is 6. The Labute approximate surface area is 160 Å². The lowest BCUT2D eigenvalue weighted by molar-refractivity contribution is 0.0469. The van der Waals surface area contributed by atoms with E-state index >= 15 is 0 Å². The third-order valence-corrected chi connectivity index (χ3v) is 4.57. The van der Waals surface area contributed by atoms with Crippen LogP contribution in [0.2, 0.25) is 0 Å². The molecular weight excluding hydrogens is 369 g/mol.